The van der Waals surface area contributed by atoms with Crippen molar-refractivity contribution in [2.45, 2.75) is 46.3 Å². The minimum absolute atomic E-state index is 0.203. The molecule has 1 unspecified atom stereocenters. The van der Waals surface area contributed by atoms with Crippen molar-refractivity contribution in [1.29, 1.82) is 0 Å². The van der Waals surface area contributed by atoms with Crippen LogP contribution in [0.2, 0.25) is 0 Å². The number of fused-ring (bicyclic) bond motifs is 1. The number of carbonyl (C=O) groups is 1. The molecule has 1 atom stereocenters. The molecule has 3 nitrogen and oxygen atoms in total. The predicted molar refractivity (Wildman–Crippen MR) is 77.2 cm³/mol. The van der Waals surface area contributed by atoms with Crippen LogP contribution in [0.5, 0.6) is 0 Å². The average Bonchev–Trinajstić information content (AvgIpc) is 2.68. The van der Waals surface area contributed by atoms with Crippen LogP contribution in [-0.2, 0) is 9.53 Å². The molecule has 0 spiro atoms. The molecule has 19 heavy (non-hydrogen) atoms. The van der Waals surface area contributed by atoms with Gasteiger partial charge in [-0.25, -0.2) is 4.79 Å². The van der Waals surface area contributed by atoms with E-state index in [9.17, 15) is 4.79 Å². The van der Waals surface area contributed by atoms with E-state index in [2.05, 4.69) is 19.1 Å². The molecule has 3 heteroatoms. The van der Waals surface area contributed by atoms with Gasteiger partial charge in [-0.1, -0.05) is 11.6 Å². The minimum atomic E-state index is -0.453. The summed E-state index contributed by atoms with van der Waals surface area (Å²) in [6.07, 6.45) is 1.94. The summed E-state index contributed by atoms with van der Waals surface area (Å²) >= 11 is 0. The normalized spacial score (nSPS) is 13.5. The van der Waals surface area contributed by atoms with Gasteiger partial charge in [0.25, 0.3) is 0 Å². The van der Waals surface area contributed by atoms with Crippen LogP contribution in [-0.4, -0.2) is 16.1 Å². The van der Waals surface area contributed by atoms with Gasteiger partial charge in [0.1, 0.15) is 11.6 Å². The van der Waals surface area contributed by atoms with Crippen LogP contribution in [0.1, 0.15) is 39.3 Å². The SMILES string of the molecule is Cc1ccc2c(ccn2C(C)C(=O)OC(C)(C)C)c1. The highest BCUT2D eigenvalue weighted by Crippen LogP contribution is 2.23. The van der Waals surface area contributed by atoms with Crippen LogP contribution < -0.4 is 0 Å². The molecular formula is C16H21NO2. The van der Waals surface area contributed by atoms with Crippen molar-refractivity contribution >= 4 is 16.9 Å². The largest absolute Gasteiger partial charge is 0.458 e. The molecule has 2 aromatic rings. The summed E-state index contributed by atoms with van der Waals surface area (Å²) in [5.74, 6) is -0.203. The Morgan fingerprint density at radius 3 is 2.58 bits per heavy atom. The van der Waals surface area contributed by atoms with Crippen molar-refractivity contribution in [3.63, 3.8) is 0 Å². The number of rotatable bonds is 2. The maximum absolute atomic E-state index is 12.1. The maximum Gasteiger partial charge on any atom is 0.329 e. The number of aromatic nitrogens is 1. The second-order valence-electron chi connectivity index (χ2n) is 5.99. The third kappa shape index (κ3) is 2.98. The fourth-order valence-corrected chi connectivity index (χ4v) is 2.12. The molecule has 0 radical (unpaired) electrons. The van der Waals surface area contributed by atoms with E-state index in [1.54, 1.807) is 0 Å². The number of aryl methyl sites for hydroxylation is 1. The molecule has 1 heterocycles. The average molecular weight is 259 g/mol. The van der Waals surface area contributed by atoms with Gasteiger partial charge in [0.2, 0.25) is 0 Å². The first-order chi connectivity index (χ1) is 8.78. The third-order valence-electron chi connectivity index (χ3n) is 3.04. The van der Waals surface area contributed by atoms with Gasteiger partial charge >= 0.3 is 5.97 Å². The van der Waals surface area contributed by atoms with Gasteiger partial charge < -0.3 is 9.30 Å². The Labute approximate surface area is 114 Å². The zero-order chi connectivity index (χ0) is 14.2. The van der Waals surface area contributed by atoms with E-state index in [-0.39, 0.29) is 12.0 Å². The fourth-order valence-electron chi connectivity index (χ4n) is 2.12. The van der Waals surface area contributed by atoms with E-state index >= 15 is 0 Å². The molecule has 102 valence electrons. The van der Waals surface area contributed by atoms with Gasteiger partial charge in [0, 0.05) is 11.7 Å². The van der Waals surface area contributed by atoms with E-state index in [0.717, 1.165) is 10.9 Å². The zero-order valence-electron chi connectivity index (χ0n) is 12.2. The van der Waals surface area contributed by atoms with Crippen molar-refractivity contribution in [2.24, 2.45) is 0 Å². The first-order valence-corrected chi connectivity index (χ1v) is 6.58. The van der Waals surface area contributed by atoms with Crippen LogP contribution >= 0.6 is 0 Å². The van der Waals surface area contributed by atoms with Crippen molar-refractivity contribution < 1.29 is 9.53 Å². The molecule has 1 aromatic carbocycles. The van der Waals surface area contributed by atoms with E-state index in [4.69, 9.17) is 4.74 Å². The van der Waals surface area contributed by atoms with Crippen molar-refractivity contribution in [1.82, 2.24) is 4.57 Å². The van der Waals surface area contributed by atoms with Crippen LogP contribution in [0.4, 0.5) is 0 Å². The summed E-state index contributed by atoms with van der Waals surface area (Å²) in [7, 11) is 0. The Bertz CT molecular complexity index is 605. The van der Waals surface area contributed by atoms with Gasteiger partial charge in [-0.15, -0.1) is 0 Å². The molecule has 0 N–H and O–H groups in total. The number of hydrogen-bond acceptors (Lipinski definition) is 2. The number of esters is 1. The zero-order valence-corrected chi connectivity index (χ0v) is 12.2. The molecule has 0 amide bonds. The first-order valence-electron chi connectivity index (χ1n) is 6.58. The summed E-state index contributed by atoms with van der Waals surface area (Å²) in [6, 6.07) is 7.93. The second-order valence-corrected chi connectivity index (χ2v) is 5.99. The summed E-state index contributed by atoms with van der Waals surface area (Å²) in [5.41, 5.74) is 1.82. The molecule has 0 aliphatic carbocycles. The monoisotopic (exact) mass is 259 g/mol. The van der Waals surface area contributed by atoms with Crippen LogP contribution in [0.3, 0.4) is 0 Å². The van der Waals surface area contributed by atoms with Gasteiger partial charge in [0.05, 0.1) is 0 Å². The third-order valence-corrected chi connectivity index (χ3v) is 3.04. The van der Waals surface area contributed by atoms with Crippen LogP contribution in [0, 0.1) is 6.92 Å². The highest BCUT2D eigenvalue weighted by Gasteiger charge is 2.23. The number of nitrogens with zero attached hydrogens (tertiary/aromatic N) is 1. The summed E-state index contributed by atoms with van der Waals surface area (Å²) < 4.78 is 7.40. The summed E-state index contributed by atoms with van der Waals surface area (Å²) in [5, 5.41) is 1.15. The van der Waals surface area contributed by atoms with E-state index < -0.39 is 5.60 Å². The van der Waals surface area contributed by atoms with E-state index in [0.29, 0.717) is 0 Å². The number of benzene rings is 1. The van der Waals surface area contributed by atoms with E-state index in [1.807, 2.05) is 50.6 Å². The predicted octanol–water partition coefficient (Wildman–Crippen LogP) is 3.85. The Morgan fingerprint density at radius 1 is 1.26 bits per heavy atom. The molecule has 0 aliphatic rings. The molecule has 0 aliphatic heterocycles. The van der Waals surface area contributed by atoms with Crippen molar-refractivity contribution in [3.8, 4) is 0 Å². The lowest BCUT2D eigenvalue weighted by Gasteiger charge is -2.23. The first kappa shape index (κ1) is 13.7. The lowest BCUT2D eigenvalue weighted by Crippen LogP contribution is -2.28. The molecule has 0 saturated carbocycles. The fraction of sp³-hybridized carbons (Fsp3) is 0.438. The molecule has 2 rings (SSSR count). The molecule has 0 fully saturated rings. The second kappa shape index (κ2) is 4.72. The minimum Gasteiger partial charge on any atom is -0.458 e. The molecule has 0 saturated heterocycles. The highest BCUT2D eigenvalue weighted by atomic mass is 16.6. The van der Waals surface area contributed by atoms with Gasteiger partial charge in [-0.2, -0.15) is 0 Å². The number of ether oxygens (including phenoxy) is 1. The highest BCUT2D eigenvalue weighted by molar-refractivity contribution is 5.84. The van der Waals surface area contributed by atoms with E-state index in [1.165, 1.54) is 5.56 Å². The Kier molecular flexibility index (Phi) is 3.40. The molecule has 0 bridgehead atoms. The lowest BCUT2D eigenvalue weighted by molar-refractivity contribution is -0.158. The lowest BCUT2D eigenvalue weighted by atomic mass is 10.2. The molecular weight excluding hydrogens is 238 g/mol. The maximum atomic E-state index is 12.1. The summed E-state index contributed by atoms with van der Waals surface area (Å²) in [4.78, 5) is 12.1. The van der Waals surface area contributed by atoms with Crippen molar-refractivity contribution in [3.05, 3.63) is 36.0 Å². The van der Waals surface area contributed by atoms with Crippen LogP contribution in [0.15, 0.2) is 30.5 Å². The Hall–Kier alpha value is -1.77. The van der Waals surface area contributed by atoms with Crippen molar-refractivity contribution in [2.75, 3.05) is 0 Å². The Balaban J connectivity index is 2.31. The topological polar surface area (TPSA) is 31.2 Å². The number of carbonyl (C=O) groups excluding carboxylic acids is 1. The van der Waals surface area contributed by atoms with Gasteiger partial charge in [-0.3, -0.25) is 0 Å². The molecule has 1 aromatic heterocycles. The Morgan fingerprint density at radius 2 is 1.95 bits per heavy atom. The smallest absolute Gasteiger partial charge is 0.329 e. The van der Waals surface area contributed by atoms with Crippen LogP contribution in [0.25, 0.3) is 10.9 Å². The van der Waals surface area contributed by atoms with Gasteiger partial charge in [0.15, 0.2) is 0 Å². The quantitative estimate of drug-likeness (QED) is 0.767. The van der Waals surface area contributed by atoms with Gasteiger partial charge in [-0.05, 0) is 58.2 Å². The standard InChI is InChI=1S/C16H21NO2/c1-11-6-7-14-13(10-11)8-9-17(14)12(2)15(18)19-16(3,4)5/h6-10,12H,1-5H3. The summed E-state index contributed by atoms with van der Waals surface area (Å²) in [6.45, 7) is 9.58. The number of hydrogen-bond donors (Lipinski definition) is 0.